The van der Waals surface area contributed by atoms with Crippen molar-refractivity contribution >= 4 is 0 Å². The van der Waals surface area contributed by atoms with Gasteiger partial charge in [0.15, 0.2) is 0 Å². The molecule has 0 heterocycles. The van der Waals surface area contributed by atoms with Gasteiger partial charge in [-0.05, 0) is 0 Å². The number of hydrogen-bond acceptors (Lipinski definition) is 0. The Morgan fingerprint density at radius 2 is 1.20 bits per heavy atom. The van der Waals surface area contributed by atoms with Crippen LogP contribution in [0, 0.1) is 14.4 Å². The molecule has 0 atom stereocenters. The van der Waals surface area contributed by atoms with Crippen molar-refractivity contribution in [2.24, 2.45) is 0 Å². The molecule has 0 aliphatic heterocycles. The van der Waals surface area contributed by atoms with Crippen molar-refractivity contribution < 1.29 is 25.8 Å². The van der Waals surface area contributed by atoms with E-state index in [-0.39, 0.29) is 39.4 Å². The maximum Gasteiger partial charge on any atom is 0 e. The normalized spacial score (nSPS) is 1.20. The van der Waals surface area contributed by atoms with Crippen LogP contribution in [0.1, 0.15) is 6.92 Å². The van der Waals surface area contributed by atoms with Crippen molar-refractivity contribution in [3.8, 4) is 0 Å². The molecule has 0 rings (SSSR count). The zero-order valence-electron chi connectivity index (χ0n) is 3.78. The van der Waals surface area contributed by atoms with Crippen molar-refractivity contribution in [2.75, 3.05) is 0 Å². The Labute approximate surface area is 53.5 Å². The zero-order valence-corrected chi connectivity index (χ0v) is 7.38. The molecule has 0 aliphatic rings. The maximum atomic E-state index is 3.25. The van der Waals surface area contributed by atoms with Gasteiger partial charge >= 0.3 is 0 Å². The average molecular weight is 239 g/mol. The first-order valence-electron chi connectivity index (χ1n) is 0.707. The third-order valence-corrected chi connectivity index (χ3v) is 0. The van der Waals surface area contributed by atoms with Gasteiger partial charge in [-0.15, -0.1) is 0 Å². The molecule has 0 saturated carbocycles. The standard InChI is InChI=1S/C2H5.CH3.Hf.H2N/c1-2;;;/h1H2,2H3;1H3;;1H2/q2*-1;;-1. The van der Waals surface area contributed by atoms with Gasteiger partial charge in [0.1, 0.15) is 0 Å². The molecule has 0 saturated heterocycles. The van der Waals surface area contributed by atoms with Crippen molar-refractivity contribution in [1.29, 1.82) is 0 Å². The molecular weight excluding hydrogens is 229 g/mol. The van der Waals surface area contributed by atoms with Gasteiger partial charge in [-0.3, -0.25) is 0 Å². The van der Waals surface area contributed by atoms with Gasteiger partial charge in [0, 0.05) is 25.8 Å². The van der Waals surface area contributed by atoms with E-state index >= 15 is 0 Å². The molecule has 0 bridgehead atoms. The topological polar surface area (TPSA) is 33.5 Å². The Morgan fingerprint density at radius 1 is 1.20 bits per heavy atom. The minimum atomic E-state index is 0. The fraction of sp³-hybridized carbons (Fsp3) is 0.333. The second-order valence-electron chi connectivity index (χ2n) is 0. The molecule has 0 amide bonds. The van der Waals surface area contributed by atoms with E-state index in [0.29, 0.717) is 0 Å². The van der Waals surface area contributed by atoms with Gasteiger partial charge in [-0.25, -0.2) is 0 Å². The summed E-state index contributed by atoms with van der Waals surface area (Å²) in [6, 6.07) is 0. The number of rotatable bonds is 0. The summed E-state index contributed by atoms with van der Waals surface area (Å²) in [5, 5.41) is 0. The minimum Gasteiger partial charge on any atom is -0.693 e. The van der Waals surface area contributed by atoms with Crippen LogP contribution in [-0.4, -0.2) is 0 Å². The van der Waals surface area contributed by atoms with Crippen molar-refractivity contribution in [1.82, 2.24) is 0 Å². The minimum absolute atomic E-state index is 0. The van der Waals surface area contributed by atoms with E-state index in [2.05, 4.69) is 6.92 Å². The molecule has 1 nitrogen and oxygen atoms in total. The van der Waals surface area contributed by atoms with E-state index in [0.717, 1.165) is 0 Å². The summed E-state index contributed by atoms with van der Waals surface area (Å²) < 4.78 is 0. The second kappa shape index (κ2) is 103. The number of hydrogen-bond donors (Lipinski definition) is 0. The van der Waals surface area contributed by atoms with Gasteiger partial charge in [0.2, 0.25) is 0 Å². The van der Waals surface area contributed by atoms with Gasteiger partial charge in [0.05, 0.1) is 0 Å². The van der Waals surface area contributed by atoms with Crippen LogP contribution in [0.25, 0.3) is 6.15 Å². The first-order chi connectivity index (χ1) is 1.00. The van der Waals surface area contributed by atoms with Gasteiger partial charge in [-0.1, -0.05) is 0 Å². The summed E-state index contributed by atoms with van der Waals surface area (Å²) in [4.78, 5) is 0. The fourth-order valence-corrected chi connectivity index (χ4v) is 0. The Morgan fingerprint density at radius 3 is 1.20 bits per heavy atom. The summed E-state index contributed by atoms with van der Waals surface area (Å²) in [5.74, 6) is 0. The largest absolute Gasteiger partial charge is 0.693 e. The zero-order chi connectivity index (χ0) is 2.00. The van der Waals surface area contributed by atoms with E-state index in [1.54, 1.807) is 6.92 Å². The molecule has 0 aromatic carbocycles. The van der Waals surface area contributed by atoms with Crippen LogP contribution in [0.4, 0.5) is 0 Å². The Kier molecular flexibility index (Phi) is 835. The molecule has 34 valence electrons. The average Bonchev–Trinajstić information content (AvgIpc) is 1.00. The van der Waals surface area contributed by atoms with E-state index in [1.807, 2.05) is 0 Å². The molecule has 5 heavy (non-hydrogen) atoms. The van der Waals surface area contributed by atoms with Crippen LogP contribution < -0.4 is 0 Å². The van der Waals surface area contributed by atoms with Crippen LogP contribution in [0.2, 0.25) is 0 Å². The van der Waals surface area contributed by atoms with Gasteiger partial charge < -0.3 is 20.5 Å². The molecule has 0 aromatic rings. The molecule has 0 unspecified atom stereocenters. The smallest absolute Gasteiger partial charge is 0 e. The summed E-state index contributed by atoms with van der Waals surface area (Å²) in [6.07, 6.45) is 0. The Hall–Kier alpha value is 0.830. The molecule has 0 aromatic heterocycles. The molecule has 0 aliphatic carbocycles. The summed E-state index contributed by atoms with van der Waals surface area (Å²) in [5.41, 5.74) is 0. The molecule has 0 radical (unpaired) electrons. The molecule has 0 spiro atoms. The molecule has 2 heteroatoms. The Balaban J connectivity index is -0.00000000167. The van der Waals surface area contributed by atoms with Crippen LogP contribution in [0.5, 0.6) is 0 Å². The summed E-state index contributed by atoms with van der Waals surface area (Å²) in [7, 11) is 0. The van der Waals surface area contributed by atoms with E-state index in [1.165, 1.54) is 0 Å². The third kappa shape index (κ3) is 56.1. The molecule has 2 N–H and O–H groups in total. The first-order valence-corrected chi connectivity index (χ1v) is 0.707. The second-order valence-corrected chi connectivity index (χ2v) is 0. The van der Waals surface area contributed by atoms with Crippen LogP contribution in [-0.2, 0) is 25.8 Å². The summed E-state index contributed by atoms with van der Waals surface area (Å²) >= 11 is 0. The first kappa shape index (κ1) is 40.6. The van der Waals surface area contributed by atoms with E-state index in [9.17, 15) is 0 Å². The molecular formula is C3H10HfN-3. The monoisotopic (exact) mass is 240 g/mol. The van der Waals surface area contributed by atoms with E-state index < -0.39 is 0 Å². The van der Waals surface area contributed by atoms with Crippen LogP contribution in [0.3, 0.4) is 0 Å². The third-order valence-electron chi connectivity index (χ3n) is 0. The Bertz CT molecular complexity index is 6.85. The molecule has 0 fully saturated rings. The van der Waals surface area contributed by atoms with Gasteiger partial charge in [0.25, 0.3) is 0 Å². The maximum absolute atomic E-state index is 3.25. The fourth-order valence-electron chi connectivity index (χ4n) is 0. The van der Waals surface area contributed by atoms with Crippen molar-refractivity contribution in [3.63, 3.8) is 0 Å². The quantitative estimate of drug-likeness (QED) is 0.457. The SMILES string of the molecule is [CH2-]C.[CH3-].[Hf].[NH2-]. The van der Waals surface area contributed by atoms with Gasteiger partial charge in [-0.2, -0.15) is 6.92 Å². The predicted molar refractivity (Wildman–Crippen MR) is 22.7 cm³/mol. The van der Waals surface area contributed by atoms with Crippen molar-refractivity contribution in [2.45, 2.75) is 6.92 Å². The van der Waals surface area contributed by atoms with Crippen molar-refractivity contribution in [3.05, 3.63) is 20.5 Å². The van der Waals surface area contributed by atoms with Crippen LogP contribution >= 0.6 is 0 Å². The van der Waals surface area contributed by atoms with E-state index in [4.69, 9.17) is 0 Å². The summed E-state index contributed by atoms with van der Waals surface area (Å²) in [6.45, 7) is 5.00. The number of nitrogens with two attached hydrogens (primary N) is 1. The predicted octanol–water partition coefficient (Wildman–Crippen LogP) is 2.01. The van der Waals surface area contributed by atoms with Crippen LogP contribution in [0.15, 0.2) is 0 Å².